The topological polar surface area (TPSA) is 50.8 Å². The molecule has 0 radical (unpaired) electrons. The van der Waals surface area contributed by atoms with Gasteiger partial charge in [0.15, 0.2) is 0 Å². The zero-order valence-corrected chi connectivity index (χ0v) is 13.1. The maximum absolute atomic E-state index is 11.5. The fourth-order valence-electron chi connectivity index (χ4n) is 2.44. The highest BCUT2D eigenvalue weighted by Gasteiger charge is 2.15. The van der Waals surface area contributed by atoms with E-state index in [1.54, 1.807) is 19.2 Å². The predicted molar refractivity (Wildman–Crippen MR) is 89.2 cm³/mol. The monoisotopic (exact) mass is 310 g/mol. The Hall–Kier alpha value is -2.95. The van der Waals surface area contributed by atoms with Crippen molar-refractivity contribution in [3.63, 3.8) is 0 Å². The van der Waals surface area contributed by atoms with Crippen LogP contribution in [0.3, 0.4) is 0 Å². The maximum atomic E-state index is 11.5. The Labute approximate surface area is 135 Å². The zero-order chi connectivity index (χ0) is 16.2. The quantitative estimate of drug-likeness (QED) is 0.880. The summed E-state index contributed by atoms with van der Waals surface area (Å²) in [6.45, 7) is 0.764. The number of carbonyl (C=O) groups is 1. The van der Waals surface area contributed by atoms with E-state index in [0.717, 1.165) is 29.2 Å². The second-order valence-electron chi connectivity index (χ2n) is 5.11. The van der Waals surface area contributed by atoms with Crippen molar-refractivity contribution in [1.29, 1.82) is 0 Å². The summed E-state index contributed by atoms with van der Waals surface area (Å²) in [6, 6.07) is 15.2. The van der Waals surface area contributed by atoms with Crippen LogP contribution in [0.25, 0.3) is 5.70 Å². The SMILES string of the molecule is COC(=O)c1ccc(C2=CCN(c3ccc(OC)cc3)N2)cc1. The molecule has 0 atom stereocenters. The molecule has 118 valence electrons. The standard InChI is InChI=1S/C18H18N2O3/c1-22-16-9-7-15(8-10-16)20-12-11-17(19-20)13-3-5-14(6-4-13)18(21)23-2/h3-11,19H,12H2,1-2H3. The molecule has 0 bridgehead atoms. The van der Waals surface area contributed by atoms with Crippen molar-refractivity contribution in [3.8, 4) is 5.75 Å². The Kier molecular flexibility index (Phi) is 4.19. The zero-order valence-electron chi connectivity index (χ0n) is 13.1. The van der Waals surface area contributed by atoms with Gasteiger partial charge < -0.3 is 9.47 Å². The number of hydrogen-bond donors (Lipinski definition) is 1. The van der Waals surface area contributed by atoms with E-state index in [1.165, 1.54) is 7.11 Å². The molecule has 3 rings (SSSR count). The van der Waals surface area contributed by atoms with Crippen molar-refractivity contribution in [2.75, 3.05) is 25.8 Å². The lowest BCUT2D eigenvalue weighted by Crippen LogP contribution is -2.31. The van der Waals surface area contributed by atoms with Gasteiger partial charge in [-0.2, -0.15) is 0 Å². The highest BCUT2D eigenvalue weighted by Crippen LogP contribution is 2.24. The summed E-state index contributed by atoms with van der Waals surface area (Å²) in [7, 11) is 3.03. The molecule has 2 aromatic carbocycles. The fraction of sp³-hybridized carbons (Fsp3) is 0.167. The van der Waals surface area contributed by atoms with Gasteiger partial charge in [-0.25, -0.2) is 4.79 Å². The Balaban J connectivity index is 1.70. The van der Waals surface area contributed by atoms with E-state index >= 15 is 0 Å². The van der Waals surface area contributed by atoms with Crippen LogP contribution in [0.5, 0.6) is 5.75 Å². The summed E-state index contributed by atoms with van der Waals surface area (Å²) in [5.74, 6) is 0.504. The number of anilines is 1. The number of rotatable bonds is 4. The molecule has 1 aliphatic heterocycles. The van der Waals surface area contributed by atoms with Gasteiger partial charge in [0.05, 0.1) is 37.7 Å². The first-order chi connectivity index (χ1) is 11.2. The van der Waals surface area contributed by atoms with Gasteiger partial charge in [-0.1, -0.05) is 12.1 Å². The summed E-state index contributed by atoms with van der Waals surface area (Å²) in [6.07, 6.45) is 2.11. The molecule has 1 heterocycles. The maximum Gasteiger partial charge on any atom is 0.337 e. The largest absolute Gasteiger partial charge is 0.497 e. The highest BCUT2D eigenvalue weighted by molar-refractivity contribution is 5.89. The molecule has 1 N–H and O–H groups in total. The lowest BCUT2D eigenvalue weighted by Gasteiger charge is -2.20. The van der Waals surface area contributed by atoms with Crippen molar-refractivity contribution in [2.45, 2.75) is 0 Å². The molecule has 0 amide bonds. The van der Waals surface area contributed by atoms with Gasteiger partial charge in [0.1, 0.15) is 5.75 Å². The Bertz CT molecular complexity index is 721. The van der Waals surface area contributed by atoms with Crippen molar-refractivity contribution in [2.24, 2.45) is 0 Å². The lowest BCUT2D eigenvalue weighted by molar-refractivity contribution is 0.0600. The molecule has 0 saturated heterocycles. The third kappa shape index (κ3) is 3.13. The van der Waals surface area contributed by atoms with Crippen molar-refractivity contribution in [1.82, 2.24) is 5.43 Å². The lowest BCUT2D eigenvalue weighted by atomic mass is 10.1. The molecule has 5 nitrogen and oxygen atoms in total. The first-order valence-corrected chi connectivity index (χ1v) is 7.28. The minimum absolute atomic E-state index is 0.329. The van der Waals surface area contributed by atoms with Gasteiger partial charge in [0.25, 0.3) is 0 Å². The van der Waals surface area contributed by atoms with Crippen LogP contribution in [-0.4, -0.2) is 26.7 Å². The number of carbonyl (C=O) groups excluding carboxylic acids is 1. The second-order valence-corrected chi connectivity index (χ2v) is 5.11. The van der Waals surface area contributed by atoms with E-state index in [4.69, 9.17) is 9.47 Å². The molecule has 0 aliphatic carbocycles. The number of hydrazine groups is 1. The summed E-state index contributed by atoms with van der Waals surface area (Å²) >= 11 is 0. The number of nitrogens with one attached hydrogen (secondary N) is 1. The van der Waals surface area contributed by atoms with Crippen LogP contribution in [0.1, 0.15) is 15.9 Å². The predicted octanol–water partition coefficient (Wildman–Crippen LogP) is 2.85. The third-order valence-electron chi connectivity index (χ3n) is 3.73. The smallest absolute Gasteiger partial charge is 0.337 e. The van der Waals surface area contributed by atoms with Crippen LogP contribution in [-0.2, 0) is 4.74 Å². The van der Waals surface area contributed by atoms with Crippen LogP contribution in [0.15, 0.2) is 54.6 Å². The Morgan fingerprint density at radius 3 is 2.35 bits per heavy atom. The van der Waals surface area contributed by atoms with Gasteiger partial charge in [-0.05, 0) is 48.0 Å². The number of nitrogens with zero attached hydrogens (tertiary/aromatic N) is 1. The average molecular weight is 310 g/mol. The third-order valence-corrected chi connectivity index (χ3v) is 3.73. The van der Waals surface area contributed by atoms with Gasteiger partial charge in [-0.3, -0.25) is 10.4 Å². The summed E-state index contributed by atoms with van der Waals surface area (Å²) in [5.41, 5.74) is 7.00. The molecule has 0 spiro atoms. The highest BCUT2D eigenvalue weighted by atomic mass is 16.5. The first kappa shape index (κ1) is 15.0. The molecule has 1 aliphatic rings. The van der Waals surface area contributed by atoms with Gasteiger partial charge in [-0.15, -0.1) is 0 Å². The molecular formula is C18H18N2O3. The van der Waals surface area contributed by atoms with E-state index in [0.29, 0.717) is 5.56 Å². The van der Waals surface area contributed by atoms with Crippen LogP contribution in [0.4, 0.5) is 5.69 Å². The summed E-state index contributed by atoms with van der Waals surface area (Å²) < 4.78 is 9.88. The van der Waals surface area contributed by atoms with E-state index < -0.39 is 0 Å². The first-order valence-electron chi connectivity index (χ1n) is 7.28. The molecule has 5 heteroatoms. The van der Waals surface area contributed by atoms with Crippen LogP contribution in [0.2, 0.25) is 0 Å². The number of hydrogen-bond acceptors (Lipinski definition) is 5. The normalized spacial score (nSPS) is 13.3. The van der Waals surface area contributed by atoms with Crippen molar-refractivity contribution >= 4 is 17.4 Å². The minimum atomic E-state index is -0.329. The van der Waals surface area contributed by atoms with E-state index in [2.05, 4.69) is 11.5 Å². The van der Waals surface area contributed by atoms with Gasteiger partial charge in [0, 0.05) is 0 Å². The molecule has 0 aromatic heterocycles. The van der Waals surface area contributed by atoms with E-state index in [1.807, 2.05) is 41.4 Å². The van der Waals surface area contributed by atoms with Gasteiger partial charge in [0.2, 0.25) is 0 Å². The molecule has 0 unspecified atom stereocenters. The van der Waals surface area contributed by atoms with E-state index in [-0.39, 0.29) is 5.97 Å². The number of ether oxygens (including phenoxy) is 2. The minimum Gasteiger partial charge on any atom is -0.497 e. The average Bonchev–Trinajstić information content (AvgIpc) is 3.11. The molecule has 23 heavy (non-hydrogen) atoms. The number of benzene rings is 2. The van der Waals surface area contributed by atoms with Crippen LogP contribution < -0.4 is 15.2 Å². The van der Waals surface area contributed by atoms with Gasteiger partial charge >= 0.3 is 5.97 Å². The molecule has 2 aromatic rings. The summed E-state index contributed by atoms with van der Waals surface area (Å²) in [4.78, 5) is 11.5. The molecule has 0 fully saturated rings. The van der Waals surface area contributed by atoms with Crippen LogP contribution in [0, 0.1) is 0 Å². The number of esters is 1. The Morgan fingerprint density at radius 1 is 1.04 bits per heavy atom. The van der Waals surface area contributed by atoms with Crippen LogP contribution >= 0.6 is 0 Å². The Morgan fingerprint density at radius 2 is 1.74 bits per heavy atom. The molecular weight excluding hydrogens is 292 g/mol. The summed E-state index contributed by atoms with van der Waals surface area (Å²) in [5, 5.41) is 2.04. The second kappa shape index (κ2) is 6.44. The fourth-order valence-corrected chi connectivity index (χ4v) is 2.44. The van der Waals surface area contributed by atoms with Crippen molar-refractivity contribution in [3.05, 3.63) is 65.7 Å². The number of methoxy groups -OCH3 is 2. The van der Waals surface area contributed by atoms with Crippen molar-refractivity contribution < 1.29 is 14.3 Å². The molecule has 0 saturated carbocycles. The van der Waals surface area contributed by atoms with E-state index in [9.17, 15) is 4.79 Å².